The first-order chi connectivity index (χ1) is 9.90. The summed E-state index contributed by atoms with van der Waals surface area (Å²) >= 11 is 0. The maximum atomic E-state index is 12.1. The molecule has 0 fully saturated rings. The summed E-state index contributed by atoms with van der Waals surface area (Å²) in [6.45, 7) is 1.80. The third-order valence-corrected chi connectivity index (χ3v) is 4.08. The predicted molar refractivity (Wildman–Crippen MR) is 77.4 cm³/mol. The molecule has 0 atom stereocenters. The van der Waals surface area contributed by atoms with E-state index < -0.39 is 15.8 Å². The van der Waals surface area contributed by atoms with E-state index in [2.05, 4.69) is 4.98 Å². The van der Waals surface area contributed by atoms with E-state index in [1.807, 2.05) is 0 Å². The van der Waals surface area contributed by atoms with Crippen molar-refractivity contribution in [2.45, 2.75) is 11.8 Å². The maximum absolute atomic E-state index is 12.1. The Kier molecular flexibility index (Phi) is 4.13. The van der Waals surface area contributed by atoms with Crippen LogP contribution in [0.5, 0.6) is 5.75 Å². The fraction of sp³-hybridized carbons (Fsp3) is 0.286. The standard InChI is InChI=1S/C14H15NO5S/c1-4-20-14(16)10-8-15-12-9(13(10)21(3,17)18)6-5-7-11(12)19-2/h5-8H,4H2,1-3H3. The van der Waals surface area contributed by atoms with E-state index in [1.165, 1.54) is 13.3 Å². The molecule has 0 bridgehead atoms. The molecule has 1 heterocycles. The van der Waals surface area contributed by atoms with Crippen LogP contribution in [0.3, 0.4) is 0 Å². The average molecular weight is 309 g/mol. The van der Waals surface area contributed by atoms with Gasteiger partial charge >= 0.3 is 5.97 Å². The summed E-state index contributed by atoms with van der Waals surface area (Å²) in [6, 6.07) is 4.90. The number of carbonyl (C=O) groups is 1. The van der Waals surface area contributed by atoms with Crippen LogP contribution in [0.15, 0.2) is 29.3 Å². The van der Waals surface area contributed by atoms with E-state index in [-0.39, 0.29) is 17.1 Å². The van der Waals surface area contributed by atoms with E-state index >= 15 is 0 Å². The van der Waals surface area contributed by atoms with Gasteiger partial charge in [0.05, 0.1) is 24.2 Å². The zero-order valence-electron chi connectivity index (χ0n) is 11.9. The van der Waals surface area contributed by atoms with Crippen LogP contribution in [0.2, 0.25) is 0 Å². The molecule has 2 aromatic rings. The first-order valence-electron chi connectivity index (χ1n) is 6.23. The molecule has 0 aliphatic rings. The highest BCUT2D eigenvalue weighted by Crippen LogP contribution is 2.31. The number of rotatable bonds is 4. The number of para-hydroxylation sites is 1. The third-order valence-electron chi connectivity index (χ3n) is 2.90. The lowest BCUT2D eigenvalue weighted by atomic mass is 10.1. The number of fused-ring (bicyclic) bond motifs is 1. The van der Waals surface area contributed by atoms with Crippen LogP contribution in [0, 0.1) is 0 Å². The Labute approximate surface area is 122 Å². The SMILES string of the molecule is CCOC(=O)c1cnc2c(OC)cccc2c1S(C)(=O)=O. The van der Waals surface area contributed by atoms with Crippen LogP contribution in [-0.4, -0.2) is 39.3 Å². The van der Waals surface area contributed by atoms with Gasteiger partial charge in [0.25, 0.3) is 0 Å². The lowest BCUT2D eigenvalue weighted by Crippen LogP contribution is -2.12. The predicted octanol–water partition coefficient (Wildman–Crippen LogP) is 1.82. The van der Waals surface area contributed by atoms with Crippen molar-refractivity contribution >= 4 is 26.7 Å². The Bertz CT molecular complexity index is 798. The molecule has 21 heavy (non-hydrogen) atoms. The first-order valence-corrected chi connectivity index (χ1v) is 8.12. The van der Waals surface area contributed by atoms with E-state index in [1.54, 1.807) is 25.1 Å². The minimum atomic E-state index is -3.64. The molecule has 0 aliphatic carbocycles. The zero-order chi connectivity index (χ0) is 15.6. The lowest BCUT2D eigenvalue weighted by Gasteiger charge is -2.12. The highest BCUT2D eigenvalue weighted by molar-refractivity contribution is 7.91. The first kappa shape index (κ1) is 15.2. The van der Waals surface area contributed by atoms with Gasteiger partial charge in [-0.1, -0.05) is 12.1 Å². The molecule has 0 radical (unpaired) electrons. The number of aromatic nitrogens is 1. The summed E-state index contributed by atoms with van der Waals surface area (Å²) in [7, 11) is -2.18. The number of methoxy groups -OCH3 is 1. The molecule has 0 saturated carbocycles. The van der Waals surface area contributed by atoms with E-state index in [0.29, 0.717) is 16.7 Å². The van der Waals surface area contributed by atoms with Gasteiger partial charge < -0.3 is 9.47 Å². The number of hydrogen-bond acceptors (Lipinski definition) is 6. The molecular formula is C14H15NO5S. The average Bonchev–Trinajstić information content (AvgIpc) is 2.44. The summed E-state index contributed by atoms with van der Waals surface area (Å²) in [4.78, 5) is 16.0. The second-order valence-electron chi connectivity index (χ2n) is 4.35. The Hall–Kier alpha value is -2.15. The van der Waals surface area contributed by atoms with Gasteiger partial charge in [0.15, 0.2) is 9.84 Å². The topological polar surface area (TPSA) is 82.6 Å². The quantitative estimate of drug-likeness (QED) is 0.801. The van der Waals surface area contributed by atoms with Crippen molar-refractivity contribution in [3.8, 4) is 5.75 Å². The number of ether oxygens (including phenoxy) is 2. The minimum Gasteiger partial charge on any atom is -0.494 e. The highest BCUT2D eigenvalue weighted by Gasteiger charge is 2.24. The van der Waals surface area contributed by atoms with Crippen molar-refractivity contribution in [1.82, 2.24) is 4.98 Å². The Balaban J connectivity index is 2.87. The summed E-state index contributed by atoms with van der Waals surface area (Å²) in [5.41, 5.74) is 0.313. The molecular weight excluding hydrogens is 294 g/mol. The van der Waals surface area contributed by atoms with E-state index in [0.717, 1.165) is 6.26 Å². The molecule has 0 amide bonds. The van der Waals surface area contributed by atoms with Crippen molar-refractivity contribution in [1.29, 1.82) is 0 Å². The van der Waals surface area contributed by atoms with Gasteiger partial charge in [-0.05, 0) is 13.0 Å². The lowest BCUT2D eigenvalue weighted by molar-refractivity contribution is 0.0521. The van der Waals surface area contributed by atoms with Gasteiger partial charge in [-0.3, -0.25) is 4.98 Å². The second-order valence-corrected chi connectivity index (χ2v) is 6.30. The number of hydrogen-bond donors (Lipinski definition) is 0. The number of nitrogens with zero attached hydrogens (tertiary/aromatic N) is 1. The number of pyridine rings is 1. The Morgan fingerprint density at radius 2 is 2.05 bits per heavy atom. The van der Waals surface area contributed by atoms with Gasteiger partial charge in [0.2, 0.25) is 0 Å². The van der Waals surface area contributed by atoms with Crippen LogP contribution in [0.1, 0.15) is 17.3 Å². The van der Waals surface area contributed by atoms with E-state index in [9.17, 15) is 13.2 Å². The summed E-state index contributed by atoms with van der Waals surface area (Å²) < 4.78 is 34.3. The summed E-state index contributed by atoms with van der Waals surface area (Å²) in [6.07, 6.45) is 2.25. The maximum Gasteiger partial charge on any atom is 0.341 e. The van der Waals surface area contributed by atoms with Crippen LogP contribution >= 0.6 is 0 Å². The van der Waals surface area contributed by atoms with Crippen LogP contribution in [0.25, 0.3) is 10.9 Å². The van der Waals surface area contributed by atoms with E-state index in [4.69, 9.17) is 9.47 Å². The monoisotopic (exact) mass is 309 g/mol. The molecule has 2 rings (SSSR count). The molecule has 112 valence electrons. The molecule has 0 aliphatic heterocycles. The Morgan fingerprint density at radius 1 is 1.33 bits per heavy atom. The fourth-order valence-corrected chi connectivity index (χ4v) is 3.19. The smallest absolute Gasteiger partial charge is 0.341 e. The van der Waals surface area contributed by atoms with Gasteiger partial charge in [-0.2, -0.15) is 0 Å². The third kappa shape index (κ3) is 2.82. The summed E-state index contributed by atoms with van der Waals surface area (Å²) in [5, 5.41) is 0.336. The molecule has 1 aromatic carbocycles. The minimum absolute atomic E-state index is 0.0693. The van der Waals surface area contributed by atoms with Gasteiger partial charge in [-0.25, -0.2) is 13.2 Å². The molecule has 0 saturated heterocycles. The van der Waals surface area contributed by atoms with Crippen molar-refractivity contribution in [2.24, 2.45) is 0 Å². The molecule has 7 heteroatoms. The summed E-state index contributed by atoms with van der Waals surface area (Å²) in [5.74, 6) is -0.275. The van der Waals surface area contributed by atoms with Crippen LogP contribution < -0.4 is 4.74 Å². The van der Waals surface area contributed by atoms with Gasteiger partial charge in [0, 0.05) is 17.8 Å². The number of esters is 1. The highest BCUT2D eigenvalue weighted by atomic mass is 32.2. The van der Waals surface area contributed by atoms with Crippen LogP contribution in [-0.2, 0) is 14.6 Å². The molecule has 1 aromatic heterocycles. The second kappa shape index (κ2) is 5.69. The van der Waals surface area contributed by atoms with Crippen molar-refractivity contribution < 1.29 is 22.7 Å². The van der Waals surface area contributed by atoms with Gasteiger partial charge in [0.1, 0.15) is 11.3 Å². The molecule has 0 spiro atoms. The normalized spacial score (nSPS) is 11.4. The van der Waals surface area contributed by atoms with Gasteiger partial charge in [-0.15, -0.1) is 0 Å². The van der Waals surface area contributed by atoms with Crippen LogP contribution in [0.4, 0.5) is 0 Å². The van der Waals surface area contributed by atoms with Crippen molar-refractivity contribution in [3.63, 3.8) is 0 Å². The Morgan fingerprint density at radius 3 is 2.62 bits per heavy atom. The fourth-order valence-electron chi connectivity index (χ4n) is 2.09. The molecule has 0 unspecified atom stereocenters. The largest absolute Gasteiger partial charge is 0.494 e. The molecule has 6 nitrogen and oxygen atoms in total. The van der Waals surface area contributed by atoms with Crippen molar-refractivity contribution in [3.05, 3.63) is 30.0 Å². The number of benzene rings is 1. The van der Waals surface area contributed by atoms with Crippen molar-refractivity contribution in [2.75, 3.05) is 20.0 Å². The number of sulfone groups is 1. The number of carbonyl (C=O) groups excluding carboxylic acids is 1. The molecule has 0 N–H and O–H groups in total. The zero-order valence-corrected chi connectivity index (χ0v) is 12.7.